The van der Waals surface area contributed by atoms with Gasteiger partial charge in [-0.15, -0.1) is 0 Å². The van der Waals surface area contributed by atoms with Gasteiger partial charge in [0.2, 0.25) is 12.3 Å². The van der Waals surface area contributed by atoms with Gasteiger partial charge in [0.05, 0.1) is 33.9 Å². The zero-order chi connectivity index (χ0) is 21.7. The van der Waals surface area contributed by atoms with E-state index in [0.717, 1.165) is 17.6 Å². The quantitative estimate of drug-likeness (QED) is 0.708. The Morgan fingerprint density at radius 3 is 2.53 bits per heavy atom. The van der Waals surface area contributed by atoms with Crippen molar-refractivity contribution in [2.75, 3.05) is 4.90 Å². The number of anilines is 1. The van der Waals surface area contributed by atoms with E-state index in [-0.39, 0.29) is 18.2 Å². The van der Waals surface area contributed by atoms with Crippen molar-refractivity contribution < 1.29 is 19.1 Å². The number of hydrogen-bond donors (Lipinski definition) is 0. The van der Waals surface area contributed by atoms with Crippen molar-refractivity contribution in [1.29, 1.82) is 5.26 Å². The second-order valence-electron chi connectivity index (χ2n) is 8.77. The van der Waals surface area contributed by atoms with Crippen molar-refractivity contribution in [1.82, 2.24) is 0 Å². The molecule has 30 heavy (non-hydrogen) atoms. The van der Waals surface area contributed by atoms with Gasteiger partial charge in [-0.1, -0.05) is 31.2 Å². The van der Waals surface area contributed by atoms with Crippen LogP contribution in [0.4, 0.5) is 5.69 Å². The number of hydrogen-bond acceptors (Lipinski definition) is 5. The average Bonchev–Trinajstić information content (AvgIpc) is 3.18. The first-order valence-electron chi connectivity index (χ1n) is 10.1. The molecule has 0 aliphatic carbocycles. The lowest BCUT2D eigenvalue weighted by Gasteiger charge is -2.45. The lowest BCUT2D eigenvalue weighted by atomic mass is 9.56. The molecular formula is C24H24N2O4. The number of imide groups is 1. The lowest BCUT2D eigenvalue weighted by molar-refractivity contribution is -0.142. The summed E-state index contributed by atoms with van der Waals surface area (Å²) in [7, 11) is 0. The van der Waals surface area contributed by atoms with E-state index < -0.39 is 16.6 Å². The van der Waals surface area contributed by atoms with Gasteiger partial charge in [-0.3, -0.25) is 14.5 Å². The Balaban J connectivity index is 1.87. The van der Waals surface area contributed by atoms with Crippen molar-refractivity contribution in [2.24, 2.45) is 11.3 Å². The molecule has 2 heterocycles. The summed E-state index contributed by atoms with van der Waals surface area (Å²) in [5, 5.41) is 10.7. The highest BCUT2D eigenvalue weighted by Crippen LogP contribution is 2.65. The molecule has 4 rings (SSSR count). The third-order valence-corrected chi connectivity index (χ3v) is 7.64. The number of ether oxygens (including phenoxy) is 1. The van der Waals surface area contributed by atoms with E-state index in [1.165, 1.54) is 0 Å². The molecule has 0 aromatic heterocycles. The van der Waals surface area contributed by atoms with Gasteiger partial charge in [-0.05, 0) is 38.8 Å². The first kappa shape index (κ1) is 20.2. The van der Waals surface area contributed by atoms with Crippen LogP contribution in [0.1, 0.15) is 45.6 Å². The summed E-state index contributed by atoms with van der Waals surface area (Å²) in [6.45, 7) is 5.75. The summed E-state index contributed by atoms with van der Waals surface area (Å²) in [6.07, 6.45) is 2.80. The SMILES string of the molecule is C[C@@H]1C2(C)CCC(CC=O)(O2)[C@]1(C)C(=O)N(C=O)c1ccc(C#N)c2ccccc12. The third kappa shape index (κ3) is 2.42. The number of benzene rings is 2. The van der Waals surface area contributed by atoms with E-state index in [4.69, 9.17) is 4.74 Å². The molecule has 154 valence electrons. The van der Waals surface area contributed by atoms with Crippen LogP contribution in [0.3, 0.4) is 0 Å². The molecule has 6 heteroatoms. The maximum atomic E-state index is 14.0. The van der Waals surface area contributed by atoms with Crippen LogP contribution in [-0.2, 0) is 19.1 Å². The maximum Gasteiger partial charge on any atom is 0.242 e. The van der Waals surface area contributed by atoms with Gasteiger partial charge in [0.25, 0.3) is 0 Å². The highest BCUT2D eigenvalue weighted by molar-refractivity contribution is 6.16. The number of aldehydes is 1. The maximum absolute atomic E-state index is 14.0. The Morgan fingerprint density at radius 2 is 1.90 bits per heavy atom. The van der Waals surface area contributed by atoms with Crippen molar-refractivity contribution in [2.45, 2.75) is 51.2 Å². The number of amides is 2. The number of nitriles is 1. The summed E-state index contributed by atoms with van der Waals surface area (Å²) in [5.41, 5.74) is -1.59. The highest BCUT2D eigenvalue weighted by Gasteiger charge is 2.73. The Morgan fingerprint density at radius 1 is 1.20 bits per heavy atom. The molecule has 0 saturated carbocycles. The minimum Gasteiger partial charge on any atom is -0.367 e. The van der Waals surface area contributed by atoms with Crippen LogP contribution >= 0.6 is 0 Å². The van der Waals surface area contributed by atoms with Gasteiger partial charge in [0.15, 0.2) is 0 Å². The molecule has 2 unspecified atom stereocenters. The van der Waals surface area contributed by atoms with Crippen molar-refractivity contribution >= 4 is 35.1 Å². The van der Waals surface area contributed by atoms with Crippen molar-refractivity contribution in [3.63, 3.8) is 0 Å². The number of fused-ring (bicyclic) bond motifs is 3. The number of nitrogens with zero attached hydrogens (tertiary/aromatic N) is 2. The van der Waals surface area contributed by atoms with Crippen LogP contribution in [0.5, 0.6) is 0 Å². The first-order valence-corrected chi connectivity index (χ1v) is 10.1. The summed E-state index contributed by atoms with van der Waals surface area (Å²) < 4.78 is 6.35. The first-order chi connectivity index (χ1) is 14.3. The van der Waals surface area contributed by atoms with Crippen LogP contribution in [0.25, 0.3) is 10.8 Å². The largest absolute Gasteiger partial charge is 0.367 e. The topological polar surface area (TPSA) is 87.5 Å². The molecule has 2 aromatic rings. The third-order valence-electron chi connectivity index (χ3n) is 7.64. The van der Waals surface area contributed by atoms with E-state index in [2.05, 4.69) is 6.07 Å². The monoisotopic (exact) mass is 404 g/mol. The van der Waals surface area contributed by atoms with Crippen molar-refractivity contribution in [3.05, 3.63) is 42.0 Å². The molecule has 2 amide bonds. The summed E-state index contributed by atoms with van der Waals surface area (Å²) in [4.78, 5) is 38.8. The summed E-state index contributed by atoms with van der Waals surface area (Å²) in [6, 6.07) is 12.6. The van der Waals surface area contributed by atoms with Gasteiger partial charge < -0.3 is 9.53 Å². The standard InChI is InChI=1S/C24H24N2O4/c1-16-22(2)10-11-24(30-22,12-13-27)23(16,3)21(29)26(15-28)20-9-8-17(14-25)18-6-4-5-7-19(18)20/h4-9,13,15-16H,10-12H2,1-3H3/t16-,22?,23+,24?/m1/s1. The average molecular weight is 404 g/mol. The Hall–Kier alpha value is -3.04. The van der Waals surface area contributed by atoms with Gasteiger partial charge in [0.1, 0.15) is 6.29 Å². The zero-order valence-corrected chi connectivity index (χ0v) is 17.3. The predicted octanol–water partition coefficient (Wildman–Crippen LogP) is 3.75. The Labute approximate surface area is 175 Å². The summed E-state index contributed by atoms with van der Waals surface area (Å²) in [5.74, 6) is -0.566. The molecule has 0 radical (unpaired) electrons. The molecule has 2 aliphatic heterocycles. The Kier molecular flexibility index (Phi) is 4.55. The normalized spacial score (nSPS) is 32.0. The molecule has 2 bridgehead atoms. The predicted molar refractivity (Wildman–Crippen MR) is 112 cm³/mol. The minimum atomic E-state index is -1.04. The van der Waals surface area contributed by atoms with Gasteiger partial charge in [0, 0.05) is 23.1 Å². The molecule has 6 nitrogen and oxygen atoms in total. The fourth-order valence-corrected chi connectivity index (χ4v) is 5.60. The van der Waals surface area contributed by atoms with Crippen LogP contribution < -0.4 is 4.90 Å². The molecule has 4 atom stereocenters. The van der Waals surface area contributed by atoms with Crippen LogP contribution in [0.2, 0.25) is 0 Å². The smallest absolute Gasteiger partial charge is 0.242 e. The number of carbonyl (C=O) groups excluding carboxylic acids is 3. The van der Waals surface area contributed by atoms with Crippen molar-refractivity contribution in [3.8, 4) is 6.07 Å². The van der Waals surface area contributed by atoms with E-state index in [9.17, 15) is 19.6 Å². The summed E-state index contributed by atoms with van der Waals surface area (Å²) >= 11 is 0. The minimum absolute atomic E-state index is 0.107. The second kappa shape index (κ2) is 6.75. The fourth-order valence-electron chi connectivity index (χ4n) is 5.60. The van der Waals surface area contributed by atoms with E-state index in [1.807, 2.05) is 26.8 Å². The zero-order valence-electron chi connectivity index (χ0n) is 17.3. The number of rotatable bonds is 5. The second-order valence-corrected chi connectivity index (χ2v) is 8.77. The van der Waals surface area contributed by atoms with Crippen LogP contribution in [0, 0.1) is 22.7 Å². The molecule has 2 aliphatic rings. The van der Waals surface area contributed by atoms with E-state index in [0.29, 0.717) is 34.9 Å². The molecule has 2 fully saturated rings. The van der Waals surface area contributed by atoms with Crippen LogP contribution in [-0.4, -0.2) is 29.8 Å². The van der Waals surface area contributed by atoms with E-state index >= 15 is 0 Å². The lowest BCUT2D eigenvalue weighted by Crippen LogP contribution is -2.58. The molecule has 0 N–H and O–H groups in total. The van der Waals surface area contributed by atoms with E-state index in [1.54, 1.807) is 30.3 Å². The molecule has 0 spiro atoms. The molecular weight excluding hydrogens is 380 g/mol. The number of carbonyl (C=O) groups is 3. The van der Waals surface area contributed by atoms with Gasteiger partial charge in [-0.2, -0.15) is 5.26 Å². The fraction of sp³-hybridized carbons (Fsp3) is 0.417. The molecule has 2 aromatic carbocycles. The van der Waals surface area contributed by atoms with Gasteiger partial charge >= 0.3 is 0 Å². The molecule has 2 saturated heterocycles. The highest BCUT2D eigenvalue weighted by atomic mass is 16.5. The van der Waals surface area contributed by atoms with Gasteiger partial charge in [-0.25, -0.2) is 0 Å². The van der Waals surface area contributed by atoms with Crippen LogP contribution in [0.15, 0.2) is 36.4 Å². The Bertz CT molecular complexity index is 1110.